The summed E-state index contributed by atoms with van der Waals surface area (Å²) in [6.45, 7) is 6.64. The van der Waals surface area contributed by atoms with Crippen molar-refractivity contribution in [2.45, 2.75) is 264 Å². The highest BCUT2D eigenvalue weighted by atomic mass is 31.2. The van der Waals surface area contributed by atoms with E-state index >= 15 is 0 Å². The smallest absolute Gasteiger partial charge is 0.306 e. The minimum atomic E-state index is -4.72. The Hall–Kier alpha value is -3.85. The maximum Gasteiger partial charge on any atom is 0.306 e. The highest BCUT2D eigenvalue weighted by Gasteiger charge is 2.27. The number of allylic oxidation sites excluding steroid dienone is 21. The number of esters is 1. The van der Waals surface area contributed by atoms with Crippen LogP contribution < -0.4 is 10.2 Å². The first-order chi connectivity index (χ1) is 39.4. The third kappa shape index (κ3) is 60.6. The summed E-state index contributed by atoms with van der Waals surface area (Å²) in [4.78, 5) is 40.0. The average Bonchev–Trinajstić information content (AvgIpc) is 3.44. The van der Waals surface area contributed by atoms with E-state index in [1.807, 2.05) is 33.3 Å². The van der Waals surface area contributed by atoms with E-state index in [1.54, 1.807) is 0 Å². The van der Waals surface area contributed by atoms with Crippen molar-refractivity contribution in [3.05, 3.63) is 134 Å². The number of phosphoric acid groups is 1. The second-order valence-electron chi connectivity index (χ2n) is 22.5. The van der Waals surface area contributed by atoms with Crippen molar-refractivity contribution in [1.82, 2.24) is 5.32 Å². The van der Waals surface area contributed by atoms with Crippen molar-refractivity contribution in [3.63, 3.8) is 0 Å². The van der Waals surface area contributed by atoms with Gasteiger partial charge in [0.25, 0.3) is 7.82 Å². The molecule has 0 fully saturated rings. The van der Waals surface area contributed by atoms with Crippen LogP contribution in [0.25, 0.3) is 0 Å². The lowest BCUT2D eigenvalue weighted by Gasteiger charge is -2.30. The van der Waals surface area contributed by atoms with E-state index in [1.165, 1.54) is 89.9 Å². The average molecular weight is 1150 g/mol. The molecule has 0 saturated carbocycles. The largest absolute Gasteiger partial charge is 0.756 e. The van der Waals surface area contributed by atoms with E-state index in [-0.39, 0.29) is 31.3 Å². The van der Waals surface area contributed by atoms with Gasteiger partial charge in [-0.15, -0.1) is 0 Å². The van der Waals surface area contributed by atoms with Crippen LogP contribution in [0.3, 0.4) is 0 Å². The van der Waals surface area contributed by atoms with Crippen LogP contribution in [0.5, 0.6) is 0 Å². The summed E-state index contributed by atoms with van der Waals surface area (Å²) in [5.41, 5.74) is 0. The Labute approximate surface area is 498 Å². The summed E-state index contributed by atoms with van der Waals surface area (Å²) in [5.74, 6) is -0.613. The molecule has 0 spiro atoms. The van der Waals surface area contributed by atoms with Crippen LogP contribution in [-0.2, 0) is 27.9 Å². The molecule has 81 heavy (non-hydrogen) atoms. The fourth-order valence-electron chi connectivity index (χ4n) is 8.57. The first-order valence-electron chi connectivity index (χ1n) is 32.5. The summed E-state index contributed by atoms with van der Waals surface area (Å²) in [7, 11) is 1.13. The fraction of sp³-hybridized carbons (Fsp3) is 0.662. The summed E-state index contributed by atoms with van der Waals surface area (Å²) in [6.07, 6.45) is 84.3. The topological polar surface area (TPSA) is 114 Å². The van der Waals surface area contributed by atoms with Gasteiger partial charge in [0, 0.05) is 12.8 Å². The highest BCUT2D eigenvalue weighted by molar-refractivity contribution is 7.45. The van der Waals surface area contributed by atoms with Gasteiger partial charge in [0.2, 0.25) is 5.91 Å². The van der Waals surface area contributed by atoms with Gasteiger partial charge in [0.15, 0.2) is 0 Å². The monoisotopic (exact) mass is 1140 g/mol. The van der Waals surface area contributed by atoms with Gasteiger partial charge in [-0.05, 0) is 128 Å². The van der Waals surface area contributed by atoms with Crippen LogP contribution in [-0.4, -0.2) is 69.4 Å². The molecule has 462 valence electrons. The third-order valence-corrected chi connectivity index (χ3v) is 14.5. The third-order valence-electron chi connectivity index (χ3n) is 13.6. The molecule has 0 heterocycles. The second-order valence-corrected chi connectivity index (χ2v) is 23.9. The molecule has 0 aliphatic heterocycles. The quantitative estimate of drug-likeness (QED) is 0.0212. The number of hydrogen-bond donors (Lipinski definition) is 1. The first-order valence-corrected chi connectivity index (χ1v) is 34.0. The van der Waals surface area contributed by atoms with E-state index in [9.17, 15) is 19.0 Å². The molecule has 0 aliphatic rings. The van der Waals surface area contributed by atoms with E-state index in [2.05, 4.69) is 148 Å². The minimum Gasteiger partial charge on any atom is -0.756 e. The molecule has 0 saturated heterocycles. The van der Waals surface area contributed by atoms with E-state index in [0.29, 0.717) is 23.9 Å². The summed E-state index contributed by atoms with van der Waals surface area (Å²) in [6, 6.07) is -0.926. The molecule has 1 amide bonds. The number of carbonyl (C=O) groups is 2. The molecule has 0 aromatic rings. The molecule has 0 radical (unpaired) electrons. The lowest BCUT2D eigenvalue weighted by Crippen LogP contribution is -2.47. The van der Waals surface area contributed by atoms with Crippen molar-refractivity contribution in [2.75, 3.05) is 40.9 Å². The van der Waals surface area contributed by atoms with Gasteiger partial charge in [0.05, 0.1) is 33.8 Å². The van der Waals surface area contributed by atoms with Crippen molar-refractivity contribution in [1.29, 1.82) is 0 Å². The molecular weight excluding hydrogens is 1020 g/mol. The summed E-state index contributed by atoms with van der Waals surface area (Å²) in [5, 5.41) is 3.00. The maximum atomic E-state index is 13.5. The summed E-state index contributed by atoms with van der Waals surface area (Å²) >= 11 is 0. The molecule has 9 nitrogen and oxygen atoms in total. The van der Waals surface area contributed by atoms with Crippen LogP contribution in [0.4, 0.5) is 0 Å². The zero-order valence-corrected chi connectivity index (χ0v) is 53.6. The SMILES string of the molecule is CC/C=C\C/C=C\C/C=C\C/C=C\C/C=C\C/C=C\CCCCC(=O)NC(COP(=O)([O-])OCC[N+](C)(C)C)C(/C=C/CCCCCCCCCCC)OC(=O)CCCCCCCCC/C=C\C/C=C\C/C=C\C/C=C\CCCCC. The van der Waals surface area contributed by atoms with Crippen LogP contribution in [0, 0.1) is 0 Å². The number of phosphoric ester groups is 1. The standard InChI is InChI=1S/C71H121N2O7P/c1-7-10-13-16-19-22-25-27-29-31-33-35-36-38-40-42-44-46-49-52-55-58-61-64-71(75)80-69(62-59-56-53-50-47-24-21-18-15-12-9-3)68(67-79-81(76,77)78-66-65-73(4,5)6)72-70(74)63-60-57-54-51-48-45-43-41-39-37-34-32-30-28-26-23-20-17-14-11-8-2/h11,14,19-20,22-23,27-30,33-35,37-38,40-41,43,48,51,59,62,68-69H,7-10,12-13,15-18,21,24-26,31-32,36,39,42,44-47,49-50,52-58,60-61,63-67H2,1-6H3,(H-,72,74,76,77)/b14-11-,22-19-,23-20-,29-27-,30-28-,35-33-,37-34-,40-38-,43-41-,51-48-,62-59+. The fourth-order valence-corrected chi connectivity index (χ4v) is 9.29. The zero-order valence-electron chi connectivity index (χ0n) is 52.7. The predicted molar refractivity (Wildman–Crippen MR) is 348 cm³/mol. The number of likely N-dealkylation sites (N-methyl/N-ethyl adjacent to an activating group) is 1. The van der Waals surface area contributed by atoms with Crippen LogP contribution >= 0.6 is 7.82 Å². The maximum absolute atomic E-state index is 13.5. The Kier molecular flexibility index (Phi) is 56.5. The van der Waals surface area contributed by atoms with Crippen LogP contribution in [0.1, 0.15) is 252 Å². The second kappa shape index (κ2) is 59.3. The van der Waals surface area contributed by atoms with Gasteiger partial charge < -0.3 is 28.5 Å². The Morgan fingerprint density at radius 1 is 0.444 bits per heavy atom. The molecule has 0 rings (SSSR count). The van der Waals surface area contributed by atoms with Gasteiger partial charge in [-0.3, -0.25) is 14.2 Å². The number of rotatable bonds is 57. The van der Waals surface area contributed by atoms with E-state index < -0.39 is 26.6 Å². The number of ether oxygens (including phenoxy) is 1. The zero-order chi connectivity index (χ0) is 59.3. The number of amides is 1. The number of quaternary nitrogens is 1. The number of carbonyl (C=O) groups excluding carboxylic acids is 2. The van der Waals surface area contributed by atoms with Crippen molar-refractivity contribution >= 4 is 19.7 Å². The van der Waals surface area contributed by atoms with Gasteiger partial charge in [-0.25, -0.2) is 0 Å². The predicted octanol–water partition coefficient (Wildman–Crippen LogP) is 19.8. The normalized spacial score (nSPS) is 14.5. The van der Waals surface area contributed by atoms with E-state index in [4.69, 9.17) is 13.8 Å². The van der Waals surface area contributed by atoms with Gasteiger partial charge >= 0.3 is 5.97 Å². The Morgan fingerprint density at radius 3 is 1.22 bits per heavy atom. The Morgan fingerprint density at radius 2 is 0.790 bits per heavy atom. The molecule has 0 bridgehead atoms. The molecular formula is C71H121N2O7P. The van der Waals surface area contributed by atoms with Crippen molar-refractivity contribution in [2.24, 2.45) is 0 Å². The highest BCUT2D eigenvalue weighted by Crippen LogP contribution is 2.38. The van der Waals surface area contributed by atoms with E-state index in [0.717, 1.165) is 116 Å². The number of hydrogen-bond acceptors (Lipinski definition) is 7. The molecule has 3 atom stereocenters. The molecule has 1 N–H and O–H groups in total. The number of nitrogens with one attached hydrogen (secondary N) is 1. The molecule has 0 aromatic carbocycles. The molecule has 3 unspecified atom stereocenters. The number of nitrogens with zero attached hydrogens (tertiary/aromatic N) is 1. The molecule has 10 heteroatoms. The first kappa shape index (κ1) is 77.2. The van der Waals surface area contributed by atoms with Gasteiger partial charge in [-0.2, -0.15) is 0 Å². The minimum absolute atomic E-state index is 0.0404. The van der Waals surface area contributed by atoms with Crippen molar-refractivity contribution in [3.8, 4) is 0 Å². The Bertz CT molecular complexity index is 1850. The molecule has 0 aliphatic carbocycles. The van der Waals surface area contributed by atoms with Gasteiger partial charge in [-0.1, -0.05) is 245 Å². The van der Waals surface area contributed by atoms with Crippen molar-refractivity contribution < 1.29 is 37.3 Å². The van der Waals surface area contributed by atoms with Crippen LogP contribution in [0.2, 0.25) is 0 Å². The van der Waals surface area contributed by atoms with Crippen LogP contribution in [0.15, 0.2) is 134 Å². The Balaban J connectivity index is 5.27. The van der Waals surface area contributed by atoms with Gasteiger partial charge in [0.1, 0.15) is 19.3 Å². The lowest BCUT2D eigenvalue weighted by molar-refractivity contribution is -0.870. The number of unbranched alkanes of at least 4 members (excludes halogenated alkanes) is 21. The lowest BCUT2D eigenvalue weighted by atomic mass is 10.1. The molecule has 0 aromatic heterocycles. The summed E-state index contributed by atoms with van der Waals surface area (Å²) < 4.78 is 30.3.